The van der Waals surface area contributed by atoms with Crippen LogP contribution in [0, 0.1) is 6.92 Å². The third-order valence-electron chi connectivity index (χ3n) is 3.53. The molecule has 5 nitrogen and oxygen atoms in total. The van der Waals surface area contributed by atoms with E-state index in [1.54, 1.807) is 10.9 Å². The molecule has 0 saturated heterocycles. The van der Waals surface area contributed by atoms with E-state index in [1.165, 1.54) is 0 Å². The van der Waals surface area contributed by atoms with Gasteiger partial charge in [-0.05, 0) is 13.0 Å². The fourth-order valence-corrected chi connectivity index (χ4v) is 2.89. The van der Waals surface area contributed by atoms with Crippen LogP contribution in [0.15, 0.2) is 30.7 Å². The zero-order valence-electron chi connectivity index (χ0n) is 11.6. The third kappa shape index (κ3) is 1.81. The number of H-pyrrole nitrogens is 1. The van der Waals surface area contributed by atoms with Gasteiger partial charge in [-0.2, -0.15) is 5.10 Å². The number of aromatic amines is 1. The summed E-state index contributed by atoms with van der Waals surface area (Å²) >= 11 is 6.56. The molecule has 0 amide bonds. The van der Waals surface area contributed by atoms with E-state index < -0.39 is 0 Å². The molecule has 0 unspecified atom stereocenters. The Labute approximate surface area is 125 Å². The molecule has 0 aliphatic carbocycles. The fraction of sp³-hybridized carbons (Fsp3) is 0.133. The number of nitrogens with one attached hydrogen (secondary N) is 1. The van der Waals surface area contributed by atoms with E-state index in [9.17, 15) is 0 Å². The molecule has 3 heterocycles. The van der Waals surface area contributed by atoms with Crippen LogP contribution in [0.3, 0.4) is 0 Å². The quantitative estimate of drug-likeness (QED) is 0.585. The van der Waals surface area contributed by atoms with Crippen LogP contribution in [0.1, 0.15) is 5.69 Å². The summed E-state index contributed by atoms with van der Waals surface area (Å²) in [5.41, 5.74) is 5.24. The Hall–Kier alpha value is -2.40. The summed E-state index contributed by atoms with van der Waals surface area (Å²) in [6, 6.07) is 3.94. The van der Waals surface area contributed by atoms with Gasteiger partial charge in [0, 0.05) is 42.2 Å². The summed E-state index contributed by atoms with van der Waals surface area (Å²) in [4.78, 5) is 12.1. The van der Waals surface area contributed by atoms with E-state index in [1.807, 2.05) is 38.5 Å². The standard InChI is InChI=1S/C15H12ClN5/c1-8-5-17-14-10(6-18-15(14)19-8)9-3-4-12-11(13(9)16)7-21(2)20-12/h3-7H,1-2H3,(H,18,19). The van der Waals surface area contributed by atoms with Crippen LogP contribution in [-0.4, -0.2) is 24.7 Å². The molecule has 0 fully saturated rings. The van der Waals surface area contributed by atoms with Gasteiger partial charge in [-0.3, -0.25) is 9.67 Å². The average molecular weight is 298 g/mol. The van der Waals surface area contributed by atoms with Crippen molar-refractivity contribution in [2.24, 2.45) is 7.05 Å². The molecule has 1 aromatic carbocycles. The van der Waals surface area contributed by atoms with E-state index in [0.717, 1.165) is 38.9 Å². The van der Waals surface area contributed by atoms with Crippen molar-refractivity contribution in [3.05, 3.63) is 41.4 Å². The Bertz CT molecular complexity index is 982. The first-order valence-corrected chi connectivity index (χ1v) is 6.94. The van der Waals surface area contributed by atoms with Gasteiger partial charge >= 0.3 is 0 Å². The highest BCUT2D eigenvalue weighted by molar-refractivity contribution is 6.38. The molecule has 0 spiro atoms. The molecule has 0 aliphatic heterocycles. The summed E-state index contributed by atoms with van der Waals surface area (Å²) in [6.07, 6.45) is 5.58. The second-order valence-electron chi connectivity index (χ2n) is 5.07. The normalized spacial score (nSPS) is 11.6. The highest BCUT2D eigenvalue weighted by Gasteiger charge is 2.14. The average Bonchev–Trinajstić information content (AvgIpc) is 3.02. The van der Waals surface area contributed by atoms with Crippen molar-refractivity contribution in [1.82, 2.24) is 24.7 Å². The molecule has 4 rings (SSSR count). The third-order valence-corrected chi connectivity index (χ3v) is 3.94. The number of hydrogen-bond donors (Lipinski definition) is 1. The van der Waals surface area contributed by atoms with E-state index in [2.05, 4.69) is 20.1 Å². The van der Waals surface area contributed by atoms with Crippen molar-refractivity contribution >= 4 is 33.7 Å². The highest BCUT2D eigenvalue weighted by atomic mass is 35.5. The number of benzene rings is 1. The first-order valence-electron chi connectivity index (χ1n) is 6.56. The van der Waals surface area contributed by atoms with E-state index in [4.69, 9.17) is 11.6 Å². The molecular formula is C15H12ClN5. The lowest BCUT2D eigenvalue weighted by Gasteiger charge is -2.03. The summed E-state index contributed by atoms with van der Waals surface area (Å²) in [7, 11) is 1.88. The first-order chi connectivity index (χ1) is 10.1. The van der Waals surface area contributed by atoms with Gasteiger partial charge in [-0.15, -0.1) is 0 Å². The monoisotopic (exact) mass is 297 g/mol. The Morgan fingerprint density at radius 1 is 1.24 bits per heavy atom. The van der Waals surface area contributed by atoms with E-state index in [-0.39, 0.29) is 0 Å². The molecule has 0 aliphatic rings. The van der Waals surface area contributed by atoms with E-state index in [0.29, 0.717) is 5.02 Å². The zero-order chi connectivity index (χ0) is 14.6. The maximum Gasteiger partial charge on any atom is 0.156 e. The number of aryl methyl sites for hydroxylation is 2. The van der Waals surface area contributed by atoms with Gasteiger partial charge in [-0.1, -0.05) is 17.7 Å². The molecule has 104 valence electrons. The van der Waals surface area contributed by atoms with Crippen molar-refractivity contribution in [2.45, 2.75) is 6.92 Å². The molecule has 0 saturated carbocycles. The lowest BCUT2D eigenvalue weighted by atomic mass is 10.1. The molecular weight excluding hydrogens is 286 g/mol. The van der Waals surface area contributed by atoms with Crippen LogP contribution in [0.5, 0.6) is 0 Å². The van der Waals surface area contributed by atoms with Crippen LogP contribution in [-0.2, 0) is 7.05 Å². The number of hydrogen-bond acceptors (Lipinski definition) is 3. The fourth-order valence-electron chi connectivity index (χ4n) is 2.58. The summed E-state index contributed by atoms with van der Waals surface area (Å²) in [5.74, 6) is 0. The Morgan fingerprint density at radius 3 is 2.95 bits per heavy atom. The van der Waals surface area contributed by atoms with E-state index >= 15 is 0 Å². The van der Waals surface area contributed by atoms with Crippen molar-refractivity contribution in [3.8, 4) is 11.1 Å². The van der Waals surface area contributed by atoms with Crippen molar-refractivity contribution in [2.75, 3.05) is 0 Å². The van der Waals surface area contributed by atoms with Crippen LogP contribution in [0.25, 0.3) is 33.2 Å². The largest absolute Gasteiger partial charge is 0.344 e. The lowest BCUT2D eigenvalue weighted by molar-refractivity contribution is 0.780. The second kappa shape index (κ2) is 4.30. The Morgan fingerprint density at radius 2 is 2.10 bits per heavy atom. The van der Waals surface area contributed by atoms with Gasteiger partial charge < -0.3 is 4.98 Å². The predicted molar refractivity (Wildman–Crippen MR) is 83.3 cm³/mol. The van der Waals surface area contributed by atoms with Crippen LogP contribution < -0.4 is 0 Å². The SMILES string of the molecule is Cc1cnc2c(-c3ccc4nn(C)cc4c3Cl)c[nH]c2n1. The van der Waals surface area contributed by atoms with Crippen LogP contribution in [0.4, 0.5) is 0 Å². The van der Waals surface area contributed by atoms with Gasteiger partial charge in [-0.25, -0.2) is 4.98 Å². The maximum atomic E-state index is 6.56. The molecule has 0 atom stereocenters. The number of aromatic nitrogens is 5. The lowest BCUT2D eigenvalue weighted by Crippen LogP contribution is -1.86. The zero-order valence-corrected chi connectivity index (χ0v) is 12.3. The molecule has 21 heavy (non-hydrogen) atoms. The molecule has 1 N–H and O–H groups in total. The number of fused-ring (bicyclic) bond motifs is 2. The summed E-state index contributed by atoms with van der Waals surface area (Å²) < 4.78 is 1.76. The van der Waals surface area contributed by atoms with Gasteiger partial charge in [0.2, 0.25) is 0 Å². The molecule has 0 radical (unpaired) electrons. The maximum absolute atomic E-state index is 6.56. The minimum absolute atomic E-state index is 0.684. The van der Waals surface area contributed by atoms with Crippen LogP contribution >= 0.6 is 11.6 Å². The number of halogens is 1. The molecule has 3 aromatic heterocycles. The predicted octanol–water partition coefficient (Wildman–Crippen LogP) is 3.47. The minimum Gasteiger partial charge on any atom is -0.344 e. The van der Waals surface area contributed by atoms with Crippen molar-refractivity contribution < 1.29 is 0 Å². The van der Waals surface area contributed by atoms with Gasteiger partial charge in [0.1, 0.15) is 5.52 Å². The summed E-state index contributed by atoms with van der Waals surface area (Å²) in [5, 5.41) is 5.99. The highest BCUT2D eigenvalue weighted by Crippen LogP contribution is 2.36. The van der Waals surface area contributed by atoms with Gasteiger partial charge in [0.15, 0.2) is 5.65 Å². The number of nitrogens with zero attached hydrogens (tertiary/aromatic N) is 4. The number of rotatable bonds is 1. The van der Waals surface area contributed by atoms with Crippen molar-refractivity contribution in [1.29, 1.82) is 0 Å². The first kappa shape index (κ1) is 12.3. The molecule has 4 aromatic rings. The topological polar surface area (TPSA) is 59.4 Å². The summed E-state index contributed by atoms with van der Waals surface area (Å²) in [6.45, 7) is 1.92. The second-order valence-corrected chi connectivity index (χ2v) is 5.45. The smallest absolute Gasteiger partial charge is 0.156 e. The Kier molecular flexibility index (Phi) is 2.53. The molecule has 6 heteroatoms. The van der Waals surface area contributed by atoms with Crippen molar-refractivity contribution in [3.63, 3.8) is 0 Å². The minimum atomic E-state index is 0.684. The van der Waals surface area contributed by atoms with Gasteiger partial charge in [0.05, 0.1) is 16.2 Å². The molecule has 0 bridgehead atoms. The van der Waals surface area contributed by atoms with Gasteiger partial charge in [0.25, 0.3) is 0 Å². The Balaban J connectivity index is 2.01. The van der Waals surface area contributed by atoms with Crippen LogP contribution in [0.2, 0.25) is 5.02 Å².